The molecule has 1 saturated heterocycles. The number of amides is 1. The zero-order chi connectivity index (χ0) is 17.4. The largest absolute Gasteiger partial charge is 0.489 e. The van der Waals surface area contributed by atoms with Crippen molar-refractivity contribution in [3.8, 4) is 5.75 Å². The molecule has 1 aromatic heterocycles. The van der Waals surface area contributed by atoms with Gasteiger partial charge in [0.15, 0.2) is 5.82 Å². The van der Waals surface area contributed by atoms with E-state index in [-0.39, 0.29) is 12.0 Å². The van der Waals surface area contributed by atoms with Crippen molar-refractivity contribution in [1.29, 1.82) is 0 Å². The highest BCUT2D eigenvalue weighted by Gasteiger charge is 2.42. The van der Waals surface area contributed by atoms with Crippen molar-refractivity contribution >= 4 is 5.91 Å². The summed E-state index contributed by atoms with van der Waals surface area (Å²) in [6, 6.07) is 5.68. The Morgan fingerprint density at radius 2 is 2.12 bits per heavy atom. The first-order valence-corrected chi connectivity index (χ1v) is 8.57. The number of aromatic nitrogens is 2. The number of nitrogens with zero attached hydrogens (tertiary/aromatic N) is 2. The number of hydrogen-bond donors (Lipinski definition) is 1. The molecule has 132 valence electrons. The number of rotatable bonds is 3. The van der Waals surface area contributed by atoms with E-state index in [1.165, 1.54) is 0 Å². The Hall–Kier alpha value is -2.41. The molecule has 3 heterocycles. The zero-order valence-corrected chi connectivity index (χ0v) is 14.4. The highest BCUT2D eigenvalue weighted by atomic mass is 16.5. The van der Waals surface area contributed by atoms with E-state index in [9.17, 15) is 4.79 Å². The zero-order valence-electron chi connectivity index (χ0n) is 14.4. The maximum Gasteiger partial charge on any atom is 0.255 e. The van der Waals surface area contributed by atoms with Gasteiger partial charge in [0, 0.05) is 32.5 Å². The van der Waals surface area contributed by atoms with Gasteiger partial charge >= 0.3 is 0 Å². The van der Waals surface area contributed by atoms with Crippen LogP contribution in [0, 0.1) is 6.92 Å². The van der Waals surface area contributed by atoms with Crippen LogP contribution in [0.3, 0.4) is 0 Å². The minimum atomic E-state index is -0.705. The van der Waals surface area contributed by atoms with Gasteiger partial charge in [-0.2, -0.15) is 4.98 Å². The fourth-order valence-corrected chi connectivity index (χ4v) is 3.50. The highest BCUT2D eigenvalue weighted by Crippen LogP contribution is 2.35. The predicted octanol–water partition coefficient (Wildman–Crippen LogP) is 2.14. The quantitative estimate of drug-likeness (QED) is 0.919. The minimum Gasteiger partial charge on any atom is -0.489 e. The van der Waals surface area contributed by atoms with Gasteiger partial charge in [0.05, 0.1) is 5.56 Å². The van der Waals surface area contributed by atoms with Gasteiger partial charge in [-0.3, -0.25) is 4.79 Å². The Morgan fingerprint density at radius 1 is 1.32 bits per heavy atom. The summed E-state index contributed by atoms with van der Waals surface area (Å²) < 4.78 is 16.7. The number of para-hydroxylation sites is 1. The molecule has 7 heteroatoms. The van der Waals surface area contributed by atoms with Crippen LogP contribution in [0.2, 0.25) is 0 Å². The second-order valence-corrected chi connectivity index (χ2v) is 6.72. The van der Waals surface area contributed by atoms with Crippen LogP contribution in [-0.4, -0.2) is 35.4 Å². The van der Waals surface area contributed by atoms with Crippen LogP contribution < -0.4 is 10.1 Å². The number of carbonyl (C=O) groups is 1. The molecule has 0 radical (unpaired) electrons. The molecular formula is C18H21N3O4. The minimum absolute atomic E-state index is 0.0829. The van der Waals surface area contributed by atoms with E-state index in [0.717, 1.165) is 12.0 Å². The Morgan fingerprint density at radius 3 is 2.84 bits per heavy atom. The van der Waals surface area contributed by atoms with Gasteiger partial charge in [-0.05, 0) is 25.5 Å². The molecule has 1 N–H and O–H groups in total. The van der Waals surface area contributed by atoms with Crippen LogP contribution in [0.1, 0.15) is 47.4 Å². The average molecular weight is 343 g/mol. The standard InChI is InChI=1S/C18H21N3O4/c1-11-10-13-4-3-5-14(15(13)24-11)16(22)20-18(6-8-23-9-7-18)17-19-12(2)21-25-17/h3-5,11H,6-10H2,1-2H3,(H,20,22)/t11-/m1/s1. The summed E-state index contributed by atoms with van der Waals surface area (Å²) in [5.74, 6) is 1.47. The van der Waals surface area contributed by atoms with Crippen LogP contribution in [0.15, 0.2) is 22.7 Å². The van der Waals surface area contributed by atoms with Crippen molar-refractivity contribution in [2.75, 3.05) is 13.2 Å². The third-order valence-corrected chi connectivity index (χ3v) is 4.80. The average Bonchev–Trinajstić information content (AvgIpc) is 3.20. The lowest BCUT2D eigenvalue weighted by Crippen LogP contribution is -2.49. The van der Waals surface area contributed by atoms with Crippen molar-refractivity contribution in [2.24, 2.45) is 0 Å². The second kappa shape index (κ2) is 6.15. The van der Waals surface area contributed by atoms with Gasteiger partial charge in [-0.15, -0.1) is 0 Å². The van der Waals surface area contributed by atoms with Crippen molar-refractivity contribution in [1.82, 2.24) is 15.5 Å². The number of fused-ring (bicyclic) bond motifs is 1. The van der Waals surface area contributed by atoms with Crippen LogP contribution >= 0.6 is 0 Å². The van der Waals surface area contributed by atoms with Gasteiger partial charge in [-0.1, -0.05) is 17.3 Å². The molecule has 25 heavy (non-hydrogen) atoms. The van der Waals surface area contributed by atoms with Gasteiger partial charge in [-0.25, -0.2) is 0 Å². The Bertz CT molecular complexity index is 795. The molecule has 0 bridgehead atoms. The summed E-state index contributed by atoms with van der Waals surface area (Å²) in [5.41, 5.74) is 0.905. The molecule has 0 unspecified atom stereocenters. The summed E-state index contributed by atoms with van der Waals surface area (Å²) in [5, 5.41) is 7.01. The monoisotopic (exact) mass is 343 g/mol. The molecule has 1 fully saturated rings. The van der Waals surface area contributed by atoms with Gasteiger partial charge in [0.1, 0.15) is 17.4 Å². The molecule has 1 aromatic carbocycles. The topological polar surface area (TPSA) is 86.5 Å². The number of carbonyl (C=O) groups excluding carboxylic acids is 1. The third kappa shape index (κ3) is 2.89. The maximum atomic E-state index is 13.0. The first kappa shape index (κ1) is 16.1. The predicted molar refractivity (Wildman–Crippen MR) is 88.5 cm³/mol. The molecule has 0 spiro atoms. The van der Waals surface area contributed by atoms with E-state index in [0.29, 0.717) is 49.1 Å². The summed E-state index contributed by atoms with van der Waals surface area (Å²) in [7, 11) is 0. The van der Waals surface area contributed by atoms with Crippen molar-refractivity contribution in [2.45, 2.75) is 44.8 Å². The lowest BCUT2D eigenvalue weighted by molar-refractivity contribution is 0.0221. The molecule has 2 aromatic rings. The normalized spacial score (nSPS) is 21.4. The lowest BCUT2D eigenvalue weighted by Gasteiger charge is -2.34. The number of hydrogen-bond acceptors (Lipinski definition) is 6. The number of ether oxygens (including phenoxy) is 2. The molecule has 1 amide bonds. The molecule has 2 aliphatic rings. The first-order valence-electron chi connectivity index (χ1n) is 8.57. The van der Waals surface area contributed by atoms with Crippen molar-refractivity contribution < 1.29 is 18.8 Å². The van der Waals surface area contributed by atoms with E-state index in [1.54, 1.807) is 13.0 Å². The van der Waals surface area contributed by atoms with Gasteiger partial charge in [0.2, 0.25) is 0 Å². The van der Waals surface area contributed by atoms with Crippen molar-refractivity contribution in [3.05, 3.63) is 41.0 Å². The highest BCUT2D eigenvalue weighted by molar-refractivity contribution is 5.98. The maximum absolute atomic E-state index is 13.0. The Balaban J connectivity index is 1.65. The van der Waals surface area contributed by atoms with Gasteiger partial charge < -0.3 is 19.3 Å². The SMILES string of the molecule is Cc1noc(C2(NC(=O)c3cccc4c3O[C@H](C)C4)CCOCC2)n1. The molecule has 1 atom stereocenters. The summed E-state index contributed by atoms with van der Waals surface area (Å²) in [4.78, 5) is 17.4. The third-order valence-electron chi connectivity index (χ3n) is 4.80. The molecule has 4 rings (SSSR count). The van der Waals surface area contributed by atoms with E-state index in [1.807, 2.05) is 19.1 Å². The van der Waals surface area contributed by atoms with E-state index in [2.05, 4.69) is 15.5 Å². The fraction of sp³-hybridized carbons (Fsp3) is 0.500. The lowest BCUT2D eigenvalue weighted by atomic mass is 9.89. The Labute approximate surface area is 145 Å². The molecule has 2 aliphatic heterocycles. The van der Waals surface area contributed by atoms with E-state index < -0.39 is 5.54 Å². The fourth-order valence-electron chi connectivity index (χ4n) is 3.50. The van der Waals surface area contributed by atoms with Gasteiger partial charge in [0.25, 0.3) is 11.8 Å². The number of aryl methyl sites for hydroxylation is 1. The second-order valence-electron chi connectivity index (χ2n) is 6.72. The molecule has 0 aliphatic carbocycles. The van der Waals surface area contributed by atoms with Crippen LogP contribution in [-0.2, 0) is 16.7 Å². The van der Waals surface area contributed by atoms with Crippen LogP contribution in [0.25, 0.3) is 0 Å². The smallest absolute Gasteiger partial charge is 0.255 e. The number of benzene rings is 1. The van der Waals surface area contributed by atoms with Crippen LogP contribution in [0.4, 0.5) is 0 Å². The summed E-state index contributed by atoms with van der Waals surface area (Å²) in [6.07, 6.45) is 2.08. The number of nitrogens with one attached hydrogen (secondary N) is 1. The van der Waals surface area contributed by atoms with E-state index in [4.69, 9.17) is 14.0 Å². The molecular weight excluding hydrogens is 322 g/mol. The van der Waals surface area contributed by atoms with E-state index >= 15 is 0 Å². The van der Waals surface area contributed by atoms with Crippen LogP contribution in [0.5, 0.6) is 5.75 Å². The van der Waals surface area contributed by atoms with Crippen molar-refractivity contribution in [3.63, 3.8) is 0 Å². The molecule has 7 nitrogen and oxygen atoms in total. The summed E-state index contributed by atoms with van der Waals surface area (Å²) in [6.45, 7) is 4.83. The Kier molecular flexibility index (Phi) is 3.95. The summed E-state index contributed by atoms with van der Waals surface area (Å²) >= 11 is 0. The molecule has 0 saturated carbocycles. The first-order chi connectivity index (χ1) is 12.1.